The number of carbonyl (C=O) groups is 2. The second kappa shape index (κ2) is 8.83. The topological polar surface area (TPSA) is 52.6 Å². The van der Waals surface area contributed by atoms with Gasteiger partial charge < -0.3 is 9.47 Å². The van der Waals surface area contributed by atoms with Gasteiger partial charge in [-0.1, -0.05) is 74.5 Å². The first-order chi connectivity index (χ1) is 13.0. The predicted octanol–water partition coefficient (Wildman–Crippen LogP) is 4.60. The molecule has 0 bridgehead atoms. The van der Waals surface area contributed by atoms with Gasteiger partial charge in [-0.15, -0.1) is 11.8 Å². The van der Waals surface area contributed by atoms with Gasteiger partial charge in [-0.25, -0.2) is 0 Å². The summed E-state index contributed by atoms with van der Waals surface area (Å²) < 4.78 is 11.8. The number of rotatable bonds is 8. The van der Waals surface area contributed by atoms with Crippen molar-refractivity contribution in [1.29, 1.82) is 0 Å². The molecule has 0 amide bonds. The number of benzene rings is 2. The van der Waals surface area contributed by atoms with Crippen LogP contribution in [0.4, 0.5) is 0 Å². The van der Waals surface area contributed by atoms with E-state index >= 15 is 0 Å². The predicted molar refractivity (Wildman–Crippen MR) is 107 cm³/mol. The fourth-order valence-electron chi connectivity index (χ4n) is 2.86. The lowest BCUT2D eigenvalue weighted by atomic mass is 9.95. The van der Waals surface area contributed by atoms with Crippen LogP contribution in [0.3, 0.4) is 0 Å². The third-order valence-electron chi connectivity index (χ3n) is 4.39. The van der Waals surface area contributed by atoms with Gasteiger partial charge in [0.15, 0.2) is 0 Å². The molecule has 3 rings (SSSR count). The Bertz CT molecular complexity index is 722. The van der Waals surface area contributed by atoms with Crippen LogP contribution in [0.5, 0.6) is 0 Å². The highest BCUT2D eigenvalue weighted by Gasteiger charge is 2.55. The summed E-state index contributed by atoms with van der Waals surface area (Å²) in [4.78, 5) is 26.5. The van der Waals surface area contributed by atoms with Gasteiger partial charge >= 0.3 is 5.79 Å². The molecule has 1 heterocycles. The SMILES string of the molecule is CC(C)CCSC1COC(C(=O)c2ccccc2)(C(=O)c2ccccc2)O1. The van der Waals surface area contributed by atoms with Crippen molar-refractivity contribution >= 4 is 23.3 Å². The molecule has 0 aromatic heterocycles. The Hall–Kier alpha value is -1.95. The molecule has 4 nitrogen and oxygen atoms in total. The monoisotopic (exact) mass is 384 g/mol. The Kier molecular flexibility index (Phi) is 6.47. The van der Waals surface area contributed by atoms with Gasteiger partial charge in [0.05, 0.1) is 6.61 Å². The van der Waals surface area contributed by atoms with Gasteiger partial charge in [-0.2, -0.15) is 0 Å². The molecule has 1 saturated heterocycles. The third kappa shape index (κ3) is 4.49. The van der Waals surface area contributed by atoms with E-state index < -0.39 is 17.4 Å². The van der Waals surface area contributed by atoms with E-state index in [4.69, 9.17) is 9.47 Å². The lowest BCUT2D eigenvalue weighted by Crippen LogP contribution is -2.48. The molecule has 0 spiro atoms. The minimum Gasteiger partial charge on any atom is -0.333 e. The Balaban J connectivity index is 1.86. The molecule has 2 aromatic carbocycles. The van der Waals surface area contributed by atoms with Crippen molar-refractivity contribution in [3.8, 4) is 0 Å². The van der Waals surface area contributed by atoms with Crippen LogP contribution in [0.1, 0.15) is 41.0 Å². The maximum Gasteiger partial charge on any atom is 0.301 e. The number of ether oxygens (including phenoxy) is 2. The second-order valence-corrected chi connectivity index (χ2v) is 8.19. The first-order valence-corrected chi connectivity index (χ1v) is 10.2. The molecular formula is C22H24O4S. The largest absolute Gasteiger partial charge is 0.333 e. The zero-order valence-corrected chi connectivity index (χ0v) is 16.4. The first kappa shape index (κ1) is 19.8. The van der Waals surface area contributed by atoms with E-state index in [0.717, 1.165) is 12.2 Å². The van der Waals surface area contributed by atoms with Gasteiger partial charge in [0.25, 0.3) is 0 Å². The molecular weight excluding hydrogens is 360 g/mol. The van der Waals surface area contributed by atoms with Gasteiger partial charge in [-0.3, -0.25) is 9.59 Å². The Morgan fingerprint density at radius 3 is 2.00 bits per heavy atom. The molecule has 5 heteroatoms. The van der Waals surface area contributed by atoms with Gasteiger partial charge in [-0.05, 0) is 18.1 Å². The van der Waals surface area contributed by atoms with Crippen LogP contribution in [0.2, 0.25) is 0 Å². The van der Waals surface area contributed by atoms with Gasteiger partial charge in [0.1, 0.15) is 5.44 Å². The lowest BCUT2D eigenvalue weighted by Gasteiger charge is -2.25. The van der Waals surface area contributed by atoms with E-state index in [1.165, 1.54) is 0 Å². The van der Waals surface area contributed by atoms with Crippen molar-refractivity contribution in [2.75, 3.05) is 12.4 Å². The van der Waals surface area contributed by atoms with Crippen LogP contribution in [-0.4, -0.2) is 35.1 Å². The quantitative estimate of drug-likeness (QED) is 0.492. The van der Waals surface area contributed by atoms with E-state index in [1.54, 1.807) is 60.3 Å². The maximum atomic E-state index is 13.2. The molecule has 1 aliphatic rings. The fraction of sp³-hybridized carbons (Fsp3) is 0.364. The summed E-state index contributed by atoms with van der Waals surface area (Å²) in [7, 11) is 0. The van der Waals surface area contributed by atoms with E-state index in [-0.39, 0.29) is 12.0 Å². The van der Waals surface area contributed by atoms with Gasteiger partial charge in [0.2, 0.25) is 11.6 Å². The molecule has 1 unspecified atom stereocenters. The number of thioether (sulfide) groups is 1. The van der Waals surface area contributed by atoms with E-state index in [1.807, 2.05) is 12.1 Å². The zero-order valence-electron chi connectivity index (χ0n) is 15.6. The number of ketones is 2. The van der Waals surface area contributed by atoms with Crippen LogP contribution in [0.25, 0.3) is 0 Å². The molecule has 27 heavy (non-hydrogen) atoms. The van der Waals surface area contributed by atoms with Crippen LogP contribution < -0.4 is 0 Å². The summed E-state index contributed by atoms with van der Waals surface area (Å²) in [6, 6.07) is 17.4. The van der Waals surface area contributed by atoms with Crippen molar-refractivity contribution in [2.24, 2.45) is 5.92 Å². The minimum absolute atomic E-state index is 0.208. The van der Waals surface area contributed by atoms with E-state index in [2.05, 4.69) is 13.8 Å². The standard InChI is InChI=1S/C22H24O4S/c1-16(2)13-14-27-19-15-25-22(26-19,20(23)17-9-5-3-6-10-17)21(24)18-11-7-4-8-12-18/h3-12,16,19H,13-15H2,1-2H3. The van der Waals surface area contributed by atoms with Crippen LogP contribution in [-0.2, 0) is 9.47 Å². The zero-order chi connectivity index (χ0) is 19.3. The summed E-state index contributed by atoms with van der Waals surface area (Å²) in [5.41, 5.74) is 0.452. The van der Waals surface area contributed by atoms with Crippen molar-refractivity contribution in [3.05, 3.63) is 71.8 Å². The second-order valence-electron chi connectivity index (χ2n) is 6.92. The molecule has 0 radical (unpaired) electrons. The Morgan fingerprint density at radius 2 is 1.52 bits per heavy atom. The van der Waals surface area contributed by atoms with Crippen molar-refractivity contribution < 1.29 is 19.1 Å². The molecule has 0 aliphatic carbocycles. The van der Waals surface area contributed by atoms with Crippen LogP contribution >= 0.6 is 11.8 Å². The minimum atomic E-state index is -1.92. The highest BCUT2D eigenvalue weighted by molar-refractivity contribution is 7.99. The van der Waals surface area contributed by atoms with Crippen LogP contribution in [0, 0.1) is 5.92 Å². The number of hydrogen-bond acceptors (Lipinski definition) is 5. The number of carbonyl (C=O) groups excluding carboxylic acids is 2. The van der Waals surface area contributed by atoms with Crippen molar-refractivity contribution in [3.63, 3.8) is 0 Å². The molecule has 142 valence electrons. The normalized spacial score (nSPS) is 18.6. The average Bonchev–Trinajstić information content (AvgIpc) is 3.13. The summed E-state index contributed by atoms with van der Waals surface area (Å²) in [6.45, 7) is 4.53. The molecule has 1 aliphatic heterocycles. The first-order valence-electron chi connectivity index (χ1n) is 9.16. The lowest BCUT2D eigenvalue weighted by molar-refractivity contribution is -0.0913. The average molecular weight is 384 g/mol. The molecule has 1 atom stereocenters. The fourth-order valence-corrected chi connectivity index (χ4v) is 4.09. The highest BCUT2D eigenvalue weighted by atomic mass is 32.2. The van der Waals surface area contributed by atoms with Gasteiger partial charge in [0, 0.05) is 11.1 Å². The van der Waals surface area contributed by atoms with Crippen molar-refractivity contribution in [2.45, 2.75) is 31.5 Å². The third-order valence-corrected chi connectivity index (χ3v) is 5.46. The molecule has 0 N–H and O–H groups in total. The smallest absolute Gasteiger partial charge is 0.301 e. The van der Waals surface area contributed by atoms with E-state index in [9.17, 15) is 9.59 Å². The summed E-state index contributed by atoms with van der Waals surface area (Å²) in [5, 5.41) is 0. The Morgan fingerprint density at radius 1 is 1.00 bits per heavy atom. The summed E-state index contributed by atoms with van der Waals surface area (Å²) in [6.07, 6.45) is 1.04. The highest BCUT2D eigenvalue weighted by Crippen LogP contribution is 2.36. The maximum absolute atomic E-state index is 13.2. The van der Waals surface area contributed by atoms with Crippen LogP contribution in [0.15, 0.2) is 60.7 Å². The number of Topliss-reactive ketones (excluding diaryl/α,β-unsaturated/α-hetero) is 2. The van der Waals surface area contributed by atoms with Crippen molar-refractivity contribution in [1.82, 2.24) is 0 Å². The van der Waals surface area contributed by atoms with E-state index in [0.29, 0.717) is 17.0 Å². The summed E-state index contributed by atoms with van der Waals surface area (Å²) in [5.74, 6) is -1.35. The molecule has 2 aromatic rings. The molecule has 0 saturated carbocycles. The summed E-state index contributed by atoms with van der Waals surface area (Å²) >= 11 is 1.59. The number of hydrogen-bond donors (Lipinski definition) is 0. The molecule has 1 fully saturated rings. The Labute approximate surface area is 164 Å².